The van der Waals surface area contributed by atoms with E-state index >= 15 is 0 Å². The summed E-state index contributed by atoms with van der Waals surface area (Å²) >= 11 is 3.47. The Morgan fingerprint density at radius 2 is 1.79 bits per heavy atom. The van der Waals surface area contributed by atoms with Gasteiger partial charge in [-0.05, 0) is 41.1 Å². The maximum Gasteiger partial charge on any atom is 0.485 e. The summed E-state index contributed by atoms with van der Waals surface area (Å²) in [6, 6.07) is 13.6. The Labute approximate surface area is 166 Å². The molecule has 0 amide bonds. The van der Waals surface area contributed by atoms with Gasteiger partial charge in [-0.15, -0.1) is 4.39 Å². The number of pyridine rings is 2. The molecule has 0 atom stereocenters. The molecule has 2 aromatic heterocycles. The zero-order valence-electron chi connectivity index (χ0n) is 14.2. The number of para-hydroxylation sites is 1. The second-order valence-electron chi connectivity index (χ2n) is 5.64. The lowest BCUT2D eigenvalue weighted by Gasteiger charge is -2.08. The normalized spacial score (nSPS) is 11.8. The molecule has 150 valence electrons. The molecule has 0 N–H and O–H groups in total. The molecule has 0 fully saturated rings. The van der Waals surface area contributed by atoms with Gasteiger partial charge < -0.3 is 4.55 Å². The van der Waals surface area contributed by atoms with Crippen LogP contribution >= 0.6 is 15.9 Å². The SMILES string of the molecule is Cc1ccc[n+](Cc2cc3ccccc3nc2Br)c1F.O=S(=O)([O-])C(F)(F)F. The minimum Gasteiger partial charge on any atom is -0.741 e. The van der Waals surface area contributed by atoms with E-state index in [1.54, 1.807) is 23.8 Å². The predicted octanol–water partition coefficient (Wildman–Crippen LogP) is 3.83. The van der Waals surface area contributed by atoms with Gasteiger partial charge in [-0.3, -0.25) is 0 Å². The van der Waals surface area contributed by atoms with E-state index in [9.17, 15) is 17.6 Å². The summed E-state index contributed by atoms with van der Waals surface area (Å²) in [4.78, 5) is 4.50. The summed E-state index contributed by atoms with van der Waals surface area (Å²) in [5.41, 5.74) is -3.12. The van der Waals surface area contributed by atoms with Gasteiger partial charge in [0.15, 0.2) is 22.9 Å². The summed E-state index contributed by atoms with van der Waals surface area (Å²) in [6.45, 7) is 2.21. The molecule has 5 nitrogen and oxygen atoms in total. The van der Waals surface area contributed by atoms with Gasteiger partial charge in [-0.1, -0.05) is 18.2 Å². The van der Waals surface area contributed by atoms with Crippen LogP contribution in [0.15, 0.2) is 53.3 Å². The Balaban J connectivity index is 0.000000300. The highest BCUT2D eigenvalue weighted by atomic mass is 79.9. The lowest BCUT2D eigenvalue weighted by atomic mass is 10.1. The molecule has 0 radical (unpaired) electrons. The topological polar surface area (TPSA) is 74.0 Å². The lowest BCUT2D eigenvalue weighted by molar-refractivity contribution is -0.716. The molecule has 0 saturated carbocycles. The number of aromatic nitrogens is 2. The molecular formula is C17H13BrF4N2O3S. The van der Waals surface area contributed by atoms with Gasteiger partial charge in [0.05, 0.1) is 16.6 Å². The first kappa shape index (κ1) is 22.2. The number of aryl methyl sites for hydroxylation is 1. The molecule has 11 heteroatoms. The smallest absolute Gasteiger partial charge is 0.485 e. The first-order chi connectivity index (χ1) is 12.9. The minimum atomic E-state index is -6.09. The third-order valence-corrected chi connectivity index (χ3v) is 4.82. The van der Waals surface area contributed by atoms with Crippen LogP contribution in [0.25, 0.3) is 10.9 Å². The van der Waals surface area contributed by atoms with E-state index in [1.807, 2.05) is 36.4 Å². The summed E-state index contributed by atoms with van der Waals surface area (Å²) < 4.78 is 75.3. The number of hydrogen-bond donors (Lipinski definition) is 0. The number of alkyl halides is 3. The third kappa shape index (κ3) is 5.46. The maximum absolute atomic E-state index is 14.1. The number of halogens is 5. The number of rotatable bonds is 2. The predicted molar refractivity (Wildman–Crippen MR) is 95.6 cm³/mol. The van der Waals surface area contributed by atoms with Crippen molar-refractivity contribution in [2.24, 2.45) is 0 Å². The van der Waals surface area contributed by atoms with Gasteiger partial charge in [0.1, 0.15) is 4.60 Å². The van der Waals surface area contributed by atoms with Crippen molar-refractivity contribution in [1.82, 2.24) is 4.98 Å². The van der Waals surface area contributed by atoms with Crippen molar-refractivity contribution in [3.05, 3.63) is 70.3 Å². The molecule has 28 heavy (non-hydrogen) atoms. The van der Waals surface area contributed by atoms with Crippen LogP contribution in [-0.4, -0.2) is 23.5 Å². The van der Waals surface area contributed by atoms with E-state index in [0.717, 1.165) is 21.1 Å². The number of hydrogen-bond acceptors (Lipinski definition) is 4. The fraction of sp³-hybridized carbons (Fsp3) is 0.176. The molecule has 0 spiro atoms. The fourth-order valence-electron chi connectivity index (χ4n) is 2.20. The van der Waals surface area contributed by atoms with E-state index < -0.39 is 15.6 Å². The van der Waals surface area contributed by atoms with Crippen LogP contribution in [0.2, 0.25) is 0 Å². The Hall–Kier alpha value is -2.11. The molecule has 0 saturated heterocycles. The Morgan fingerprint density at radius 1 is 1.18 bits per heavy atom. The van der Waals surface area contributed by atoms with Crippen molar-refractivity contribution >= 4 is 37.0 Å². The summed E-state index contributed by atoms with van der Waals surface area (Å²) in [5.74, 6) is -0.215. The molecule has 2 heterocycles. The van der Waals surface area contributed by atoms with Crippen LogP contribution in [0, 0.1) is 12.9 Å². The molecule has 0 aliphatic heterocycles. The third-order valence-electron chi connectivity index (χ3n) is 3.56. The minimum absolute atomic E-state index is 0.215. The molecule has 0 aliphatic rings. The number of nitrogens with zero attached hydrogens (tertiary/aromatic N) is 2. The van der Waals surface area contributed by atoms with E-state index in [1.165, 1.54) is 0 Å². The molecule has 3 rings (SSSR count). The quantitative estimate of drug-likeness (QED) is 0.183. The second kappa shape index (κ2) is 8.50. The standard InChI is InChI=1S/C16H13BrFN2.CHF3O3S/c1-11-5-4-8-20(16(11)18)10-13-9-12-6-2-3-7-14(12)19-15(13)17;2-1(3,4)8(5,6)7/h2-9H,10H2,1H3;(H,5,6,7)/q+1;/p-1. The van der Waals surface area contributed by atoms with Crippen molar-refractivity contribution in [1.29, 1.82) is 0 Å². The van der Waals surface area contributed by atoms with Gasteiger partial charge in [0.2, 0.25) is 0 Å². The molecule has 3 aromatic rings. The highest BCUT2D eigenvalue weighted by Crippen LogP contribution is 2.21. The van der Waals surface area contributed by atoms with Crippen LogP contribution < -0.4 is 4.57 Å². The van der Waals surface area contributed by atoms with E-state index in [4.69, 9.17) is 13.0 Å². The first-order valence-electron chi connectivity index (χ1n) is 7.61. The highest BCUT2D eigenvalue weighted by molar-refractivity contribution is 9.10. The van der Waals surface area contributed by atoms with Gasteiger partial charge in [0.25, 0.3) is 0 Å². The maximum atomic E-state index is 14.1. The van der Waals surface area contributed by atoms with Gasteiger partial charge in [-0.25, -0.2) is 13.4 Å². The van der Waals surface area contributed by atoms with Crippen LogP contribution in [-0.2, 0) is 16.7 Å². The van der Waals surface area contributed by atoms with Gasteiger partial charge in [0, 0.05) is 11.5 Å². The van der Waals surface area contributed by atoms with Crippen molar-refractivity contribution in [2.75, 3.05) is 0 Å². The highest BCUT2D eigenvalue weighted by Gasteiger charge is 2.36. The molecule has 1 aromatic carbocycles. The monoisotopic (exact) mass is 480 g/mol. The van der Waals surface area contributed by atoms with E-state index in [2.05, 4.69) is 20.9 Å². The van der Waals surface area contributed by atoms with Gasteiger partial charge >= 0.3 is 11.5 Å². The average molecular weight is 481 g/mol. The summed E-state index contributed by atoms with van der Waals surface area (Å²) in [6.07, 6.45) is 1.74. The van der Waals surface area contributed by atoms with Crippen molar-refractivity contribution in [2.45, 2.75) is 19.0 Å². The average Bonchev–Trinajstić information content (AvgIpc) is 2.58. The largest absolute Gasteiger partial charge is 0.741 e. The summed E-state index contributed by atoms with van der Waals surface area (Å²) in [5, 5.41) is 1.05. The molecule has 0 aliphatic carbocycles. The molecule has 0 unspecified atom stereocenters. The van der Waals surface area contributed by atoms with E-state index in [-0.39, 0.29) is 5.95 Å². The van der Waals surface area contributed by atoms with Crippen LogP contribution in [0.4, 0.5) is 17.6 Å². The molecular weight excluding hydrogens is 468 g/mol. The molecule has 0 bridgehead atoms. The Bertz CT molecular complexity index is 1110. The van der Waals surface area contributed by atoms with Crippen LogP contribution in [0.3, 0.4) is 0 Å². The lowest BCUT2D eigenvalue weighted by Crippen LogP contribution is -2.39. The summed E-state index contributed by atoms with van der Waals surface area (Å²) in [7, 11) is -6.09. The Morgan fingerprint density at radius 3 is 2.39 bits per heavy atom. The van der Waals surface area contributed by atoms with E-state index in [0.29, 0.717) is 12.1 Å². The number of fused-ring (bicyclic) bond motifs is 1. The zero-order valence-corrected chi connectivity index (χ0v) is 16.6. The van der Waals surface area contributed by atoms with Crippen molar-refractivity contribution < 1.29 is 35.1 Å². The Kier molecular flexibility index (Phi) is 6.73. The van der Waals surface area contributed by atoms with Crippen LogP contribution in [0.1, 0.15) is 11.1 Å². The fourth-order valence-corrected chi connectivity index (χ4v) is 2.64. The van der Waals surface area contributed by atoms with Crippen molar-refractivity contribution in [3.63, 3.8) is 0 Å². The van der Waals surface area contributed by atoms with Crippen LogP contribution in [0.5, 0.6) is 0 Å². The number of benzene rings is 1. The zero-order chi connectivity index (χ0) is 21.1. The van der Waals surface area contributed by atoms with Gasteiger partial charge in [-0.2, -0.15) is 17.7 Å². The van der Waals surface area contributed by atoms with Crippen molar-refractivity contribution in [3.8, 4) is 0 Å². The second-order valence-corrected chi connectivity index (χ2v) is 7.76. The first-order valence-corrected chi connectivity index (χ1v) is 9.81.